The fourth-order valence-corrected chi connectivity index (χ4v) is 3.38. The standard InChI is InChI=1S/C13H16BrNO3S/c14-9-1-2-12-8(5-9)6-10(18-12)7-19-4-3-11(15)13(16)17/h1-2,5,10-11H,3-4,6-7,15H2,(H,16,17). The summed E-state index contributed by atoms with van der Waals surface area (Å²) < 4.78 is 6.89. The number of aliphatic carboxylic acids is 1. The van der Waals surface area contributed by atoms with Gasteiger partial charge in [-0.1, -0.05) is 15.9 Å². The summed E-state index contributed by atoms with van der Waals surface area (Å²) in [4.78, 5) is 10.6. The van der Waals surface area contributed by atoms with Gasteiger partial charge in [-0.3, -0.25) is 4.79 Å². The molecule has 2 atom stereocenters. The van der Waals surface area contributed by atoms with Crippen LogP contribution in [-0.4, -0.2) is 34.7 Å². The maximum atomic E-state index is 10.6. The Morgan fingerprint density at radius 3 is 3.16 bits per heavy atom. The smallest absolute Gasteiger partial charge is 0.320 e. The molecule has 2 unspecified atom stereocenters. The quantitative estimate of drug-likeness (QED) is 0.774. The van der Waals surface area contributed by atoms with Crippen LogP contribution in [0.15, 0.2) is 22.7 Å². The predicted molar refractivity (Wildman–Crippen MR) is 79.8 cm³/mol. The number of fused-ring (bicyclic) bond motifs is 1. The first-order chi connectivity index (χ1) is 9.06. The molecule has 19 heavy (non-hydrogen) atoms. The molecule has 0 bridgehead atoms. The monoisotopic (exact) mass is 345 g/mol. The summed E-state index contributed by atoms with van der Waals surface area (Å²) in [6.45, 7) is 0. The average Bonchev–Trinajstić information content (AvgIpc) is 2.75. The second kappa shape index (κ2) is 6.63. The summed E-state index contributed by atoms with van der Waals surface area (Å²) >= 11 is 5.14. The van der Waals surface area contributed by atoms with E-state index in [0.717, 1.165) is 28.1 Å². The number of carboxylic acid groups (broad SMARTS) is 1. The minimum atomic E-state index is -0.935. The lowest BCUT2D eigenvalue weighted by molar-refractivity contribution is -0.138. The fraction of sp³-hybridized carbons (Fsp3) is 0.462. The molecule has 0 spiro atoms. The first-order valence-electron chi connectivity index (χ1n) is 6.07. The molecule has 1 aliphatic rings. The molecule has 1 aliphatic heterocycles. The number of hydrogen-bond donors (Lipinski definition) is 2. The van der Waals surface area contributed by atoms with Crippen LogP contribution >= 0.6 is 27.7 Å². The van der Waals surface area contributed by atoms with E-state index in [-0.39, 0.29) is 6.10 Å². The van der Waals surface area contributed by atoms with E-state index in [9.17, 15) is 4.79 Å². The van der Waals surface area contributed by atoms with Gasteiger partial charge in [0.15, 0.2) is 0 Å². The van der Waals surface area contributed by atoms with Gasteiger partial charge in [-0.2, -0.15) is 11.8 Å². The number of nitrogens with two attached hydrogens (primary N) is 1. The SMILES string of the molecule is NC(CCSCC1Cc2cc(Br)ccc2O1)C(=O)O. The summed E-state index contributed by atoms with van der Waals surface area (Å²) in [6, 6.07) is 5.27. The molecule has 104 valence electrons. The highest BCUT2D eigenvalue weighted by Crippen LogP contribution is 2.32. The number of halogens is 1. The third-order valence-corrected chi connectivity index (χ3v) is 4.58. The Labute approximate surface area is 124 Å². The van der Waals surface area contributed by atoms with Gasteiger partial charge < -0.3 is 15.6 Å². The van der Waals surface area contributed by atoms with Gasteiger partial charge in [0.25, 0.3) is 0 Å². The van der Waals surface area contributed by atoms with Crippen molar-refractivity contribution in [3.8, 4) is 5.75 Å². The van der Waals surface area contributed by atoms with Crippen LogP contribution in [0.5, 0.6) is 5.75 Å². The van der Waals surface area contributed by atoms with Gasteiger partial charge in [-0.15, -0.1) is 0 Å². The Balaban J connectivity index is 1.71. The molecule has 0 saturated heterocycles. The summed E-state index contributed by atoms with van der Waals surface area (Å²) in [6.07, 6.45) is 1.58. The van der Waals surface area contributed by atoms with E-state index >= 15 is 0 Å². The van der Waals surface area contributed by atoms with Gasteiger partial charge in [0.05, 0.1) is 0 Å². The third-order valence-electron chi connectivity index (χ3n) is 2.96. The fourth-order valence-electron chi connectivity index (χ4n) is 1.93. The molecule has 2 rings (SSSR count). The number of carbonyl (C=O) groups is 1. The Hall–Kier alpha value is -0.720. The van der Waals surface area contributed by atoms with E-state index < -0.39 is 12.0 Å². The van der Waals surface area contributed by atoms with E-state index in [2.05, 4.69) is 22.0 Å². The third kappa shape index (κ3) is 4.12. The maximum absolute atomic E-state index is 10.6. The second-order valence-corrected chi connectivity index (χ2v) is 6.57. The zero-order valence-corrected chi connectivity index (χ0v) is 12.7. The Kier molecular flexibility index (Phi) is 5.13. The molecule has 3 N–H and O–H groups in total. The normalized spacial score (nSPS) is 18.7. The van der Waals surface area contributed by atoms with Gasteiger partial charge in [0.2, 0.25) is 0 Å². The van der Waals surface area contributed by atoms with Gasteiger partial charge in [0.1, 0.15) is 17.9 Å². The van der Waals surface area contributed by atoms with Crippen LogP contribution in [0.25, 0.3) is 0 Å². The highest BCUT2D eigenvalue weighted by atomic mass is 79.9. The lowest BCUT2D eigenvalue weighted by Gasteiger charge is -2.11. The molecule has 1 heterocycles. The molecule has 0 radical (unpaired) electrons. The number of hydrogen-bond acceptors (Lipinski definition) is 4. The van der Waals surface area contributed by atoms with Gasteiger partial charge in [-0.05, 0) is 35.9 Å². The van der Waals surface area contributed by atoms with Crippen LogP contribution < -0.4 is 10.5 Å². The van der Waals surface area contributed by atoms with Crippen LogP contribution in [0.4, 0.5) is 0 Å². The van der Waals surface area contributed by atoms with Crippen molar-refractivity contribution < 1.29 is 14.6 Å². The molecule has 0 aromatic heterocycles. The zero-order chi connectivity index (χ0) is 13.8. The van der Waals surface area contributed by atoms with Gasteiger partial charge >= 0.3 is 5.97 Å². The van der Waals surface area contributed by atoms with Crippen LogP contribution in [0.1, 0.15) is 12.0 Å². The molecule has 0 saturated carbocycles. The summed E-state index contributed by atoms with van der Waals surface area (Å²) in [5, 5.41) is 8.67. The highest BCUT2D eigenvalue weighted by molar-refractivity contribution is 9.10. The summed E-state index contributed by atoms with van der Waals surface area (Å²) in [5.74, 6) is 1.62. The van der Waals surface area contributed by atoms with Crippen molar-refractivity contribution in [2.24, 2.45) is 5.73 Å². The molecule has 0 aliphatic carbocycles. The number of rotatable bonds is 6. The van der Waals surface area contributed by atoms with Crippen molar-refractivity contribution in [3.63, 3.8) is 0 Å². The van der Waals surface area contributed by atoms with E-state index in [1.807, 2.05) is 12.1 Å². The Bertz CT molecular complexity index is 469. The van der Waals surface area contributed by atoms with Crippen LogP contribution in [0.2, 0.25) is 0 Å². The first kappa shape index (κ1) is 14.7. The van der Waals surface area contributed by atoms with Crippen LogP contribution in [-0.2, 0) is 11.2 Å². The Morgan fingerprint density at radius 2 is 2.42 bits per heavy atom. The predicted octanol–water partition coefficient (Wildman–Crippen LogP) is 2.29. The van der Waals surface area contributed by atoms with Crippen molar-refractivity contribution in [2.75, 3.05) is 11.5 Å². The van der Waals surface area contributed by atoms with Crippen molar-refractivity contribution in [1.29, 1.82) is 0 Å². The van der Waals surface area contributed by atoms with E-state index in [1.165, 1.54) is 5.56 Å². The van der Waals surface area contributed by atoms with Crippen molar-refractivity contribution in [1.82, 2.24) is 0 Å². The summed E-state index contributed by atoms with van der Waals surface area (Å²) in [7, 11) is 0. The average molecular weight is 346 g/mol. The van der Waals surface area contributed by atoms with Crippen molar-refractivity contribution >= 4 is 33.7 Å². The second-order valence-electron chi connectivity index (χ2n) is 4.50. The largest absolute Gasteiger partial charge is 0.489 e. The molecule has 1 aromatic carbocycles. The minimum Gasteiger partial charge on any atom is -0.489 e. The van der Waals surface area contributed by atoms with E-state index in [4.69, 9.17) is 15.6 Å². The number of thioether (sulfide) groups is 1. The number of ether oxygens (including phenoxy) is 1. The van der Waals surface area contributed by atoms with Crippen molar-refractivity contribution in [3.05, 3.63) is 28.2 Å². The molecular weight excluding hydrogens is 330 g/mol. The Morgan fingerprint density at radius 1 is 1.63 bits per heavy atom. The van der Waals surface area contributed by atoms with Gasteiger partial charge in [-0.25, -0.2) is 0 Å². The van der Waals surface area contributed by atoms with Crippen LogP contribution in [0.3, 0.4) is 0 Å². The number of benzene rings is 1. The lowest BCUT2D eigenvalue weighted by Crippen LogP contribution is -2.30. The summed E-state index contributed by atoms with van der Waals surface area (Å²) in [5.41, 5.74) is 6.67. The van der Waals surface area contributed by atoms with E-state index in [0.29, 0.717) is 6.42 Å². The van der Waals surface area contributed by atoms with Gasteiger partial charge in [0, 0.05) is 16.6 Å². The highest BCUT2D eigenvalue weighted by Gasteiger charge is 2.22. The molecule has 0 amide bonds. The zero-order valence-electron chi connectivity index (χ0n) is 10.3. The molecule has 1 aromatic rings. The van der Waals surface area contributed by atoms with Crippen molar-refractivity contribution in [2.45, 2.75) is 25.0 Å². The molecule has 6 heteroatoms. The molecule has 4 nitrogen and oxygen atoms in total. The molecule has 0 fully saturated rings. The first-order valence-corrected chi connectivity index (χ1v) is 8.02. The minimum absolute atomic E-state index is 0.176. The lowest BCUT2D eigenvalue weighted by atomic mass is 10.1. The maximum Gasteiger partial charge on any atom is 0.320 e. The van der Waals surface area contributed by atoms with E-state index in [1.54, 1.807) is 11.8 Å². The number of carboxylic acids is 1. The molecular formula is C13H16BrNO3S. The topological polar surface area (TPSA) is 72.5 Å². The van der Waals surface area contributed by atoms with Crippen LogP contribution in [0, 0.1) is 0 Å².